The molecular weight excluding hydrogens is 380 g/mol. The first-order valence-corrected chi connectivity index (χ1v) is 7.85. The summed E-state index contributed by atoms with van der Waals surface area (Å²) in [5, 5.41) is 1.86. The van der Waals surface area contributed by atoms with Crippen LogP contribution in [0.15, 0.2) is 31.8 Å². The van der Waals surface area contributed by atoms with Crippen LogP contribution in [0.3, 0.4) is 0 Å². The van der Waals surface area contributed by atoms with Crippen molar-refractivity contribution in [2.45, 2.75) is 6.42 Å². The third-order valence-corrected chi connectivity index (χ3v) is 4.78. The van der Waals surface area contributed by atoms with Crippen molar-refractivity contribution in [1.82, 2.24) is 0 Å². The van der Waals surface area contributed by atoms with Crippen LogP contribution in [0.1, 0.15) is 21.5 Å². The molecule has 0 saturated heterocycles. The lowest BCUT2D eigenvalue weighted by Gasteiger charge is -2.07. The molecule has 2 nitrogen and oxygen atoms in total. The molecular formula is C13H8Br2O2S. The maximum absolute atomic E-state index is 12.5. The first-order chi connectivity index (χ1) is 8.65. The number of ketones is 1. The van der Waals surface area contributed by atoms with E-state index in [0.29, 0.717) is 17.7 Å². The van der Waals surface area contributed by atoms with Gasteiger partial charge in [-0.2, -0.15) is 0 Å². The van der Waals surface area contributed by atoms with Gasteiger partial charge in [0.1, 0.15) is 5.75 Å². The zero-order valence-electron chi connectivity index (χ0n) is 9.20. The zero-order chi connectivity index (χ0) is 12.7. The van der Waals surface area contributed by atoms with Crippen molar-refractivity contribution in [3.63, 3.8) is 0 Å². The summed E-state index contributed by atoms with van der Waals surface area (Å²) in [5.41, 5.74) is 2.44. The number of fused-ring (bicyclic) bond motifs is 1. The van der Waals surface area contributed by atoms with Crippen LogP contribution in [0.25, 0.3) is 0 Å². The number of rotatable bonds is 2. The molecule has 1 aliphatic heterocycles. The number of halogens is 2. The second kappa shape index (κ2) is 4.79. The van der Waals surface area contributed by atoms with Crippen molar-refractivity contribution in [2.75, 3.05) is 6.61 Å². The summed E-state index contributed by atoms with van der Waals surface area (Å²) >= 11 is 8.33. The molecule has 1 aromatic carbocycles. The van der Waals surface area contributed by atoms with Crippen LogP contribution >= 0.6 is 43.2 Å². The van der Waals surface area contributed by atoms with E-state index in [-0.39, 0.29) is 5.78 Å². The summed E-state index contributed by atoms with van der Waals surface area (Å²) < 4.78 is 7.46. The highest BCUT2D eigenvalue weighted by Crippen LogP contribution is 2.35. The molecule has 18 heavy (non-hydrogen) atoms. The van der Waals surface area contributed by atoms with Gasteiger partial charge in [0.2, 0.25) is 0 Å². The van der Waals surface area contributed by atoms with Gasteiger partial charge in [-0.25, -0.2) is 0 Å². The lowest BCUT2D eigenvalue weighted by Crippen LogP contribution is -2.02. The summed E-state index contributed by atoms with van der Waals surface area (Å²) in [4.78, 5) is 12.5. The Kier molecular flexibility index (Phi) is 3.30. The first kappa shape index (κ1) is 12.4. The lowest BCUT2D eigenvalue weighted by atomic mass is 10.0. The molecule has 0 spiro atoms. The second-order valence-electron chi connectivity index (χ2n) is 4.01. The maximum atomic E-state index is 12.5. The largest absolute Gasteiger partial charge is 0.492 e. The van der Waals surface area contributed by atoms with Crippen molar-refractivity contribution in [3.8, 4) is 5.75 Å². The van der Waals surface area contributed by atoms with Gasteiger partial charge in [0.25, 0.3) is 0 Å². The van der Waals surface area contributed by atoms with E-state index >= 15 is 0 Å². The molecule has 0 fully saturated rings. The monoisotopic (exact) mass is 386 g/mol. The zero-order valence-corrected chi connectivity index (χ0v) is 13.2. The summed E-state index contributed by atoms with van der Waals surface area (Å²) in [6, 6.07) is 5.69. The Morgan fingerprint density at radius 3 is 2.83 bits per heavy atom. The molecule has 92 valence electrons. The molecule has 2 aromatic rings. The molecule has 0 amide bonds. The van der Waals surface area contributed by atoms with Gasteiger partial charge >= 0.3 is 0 Å². The van der Waals surface area contributed by atoms with Crippen molar-refractivity contribution >= 4 is 49.0 Å². The fraction of sp³-hybridized carbons (Fsp3) is 0.154. The van der Waals surface area contributed by atoms with Gasteiger partial charge in [0.05, 0.1) is 16.0 Å². The average molecular weight is 388 g/mol. The quantitative estimate of drug-likeness (QED) is 0.712. The Morgan fingerprint density at radius 2 is 2.11 bits per heavy atom. The third-order valence-electron chi connectivity index (χ3n) is 2.82. The van der Waals surface area contributed by atoms with Crippen LogP contribution < -0.4 is 4.74 Å². The predicted octanol–water partition coefficient (Wildman–Crippen LogP) is 4.44. The van der Waals surface area contributed by atoms with Crippen LogP contribution in [0, 0.1) is 0 Å². The molecule has 0 N–H and O–H groups in total. The Hall–Kier alpha value is -0.650. The van der Waals surface area contributed by atoms with Crippen LogP contribution in [0.2, 0.25) is 0 Å². The van der Waals surface area contributed by atoms with Crippen LogP contribution in [0.4, 0.5) is 0 Å². The highest BCUT2D eigenvalue weighted by molar-refractivity contribution is 9.11. The standard InChI is InChI=1S/C13H8Br2O2S/c14-9-3-7-1-2-17-13(7)10(5-9)12(16)8-4-11(15)18-6-8/h3-6H,1-2H2. The number of thiophene rings is 1. The second-order valence-corrected chi connectivity index (χ2v) is 7.21. The van der Waals surface area contributed by atoms with Crippen molar-refractivity contribution in [2.24, 2.45) is 0 Å². The van der Waals surface area contributed by atoms with Crippen molar-refractivity contribution < 1.29 is 9.53 Å². The number of carbonyl (C=O) groups is 1. The van der Waals surface area contributed by atoms with E-state index in [1.165, 1.54) is 11.3 Å². The van der Waals surface area contributed by atoms with Crippen molar-refractivity contribution in [3.05, 3.63) is 48.5 Å². The highest BCUT2D eigenvalue weighted by Gasteiger charge is 2.23. The van der Waals surface area contributed by atoms with E-state index in [1.807, 2.05) is 23.6 Å². The van der Waals surface area contributed by atoms with E-state index in [4.69, 9.17) is 4.74 Å². The molecule has 0 bridgehead atoms. The minimum Gasteiger partial charge on any atom is -0.492 e. The number of carbonyl (C=O) groups excluding carboxylic acids is 1. The predicted molar refractivity (Wildman–Crippen MR) is 78.8 cm³/mol. The summed E-state index contributed by atoms with van der Waals surface area (Å²) in [7, 11) is 0. The van der Waals surface area contributed by atoms with Crippen LogP contribution in [0.5, 0.6) is 5.75 Å². The molecule has 0 unspecified atom stereocenters. The highest BCUT2D eigenvalue weighted by atomic mass is 79.9. The molecule has 3 rings (SSSR count). The molecule has 1 aliphatic rings. The van der Waals surface area contributed by atoms with Crippen LogP contribution in [-0.4, -0.2) is 12.4 Å². The fourth-order valence-electron chi connectivity index (χ4n) is 2.02. The number of hydrogen-bond acceptors (Lipinski definition) is 3. The van der Waals surface area contributed by atoms with Gasteiger partial charge < -0.3 is 4.74 Å². The van der Waals surface area contributed by atoms with E-state index in [2.05, 4.69) is 31.9 Å². The Morgan fingerprint density at radius 1 is 1.28 bits per heavy atom. The normalized spacial score (nSPS) is 13.2. The summed E-state index contributed by atoms with van der Waals surface area (Å²) in [5.74, 6) is 0.752. The van der Waals surface area contributed by atoms with E-state index in [1.54, 1.807) is 0 Å². The molecule has 0 saturated carbocycles. The SMILES string of the molecule is O=C(c1csc(Br)c1)c1cc(Br)cc2c1OCC2. The van der Waals surface area contributed by atoms with E-state index < -0.39 is 0 Å². The van der Waals surface area contributed by atoms with Gasteiger partial charge in [0.15, 0.2) is 5.78 Å². The molecule has 2 heterocycles. The van der Waals surface area contributed by atoms with Gasteiger partial charge in [-0.15, -0.1) is 11.3 Å². The molecule has 5 heteroatoms. The van der Waals surface area contributed by atoms with Crippen LogP contribution in [-0.2, 0) is 6.42 Å². The Labute approximate surface area is 125 Å². The summed E-state index contributed by atoms with van der Waals surface area (Å²) in [6.45, 7) is 0.652. The first-order valence-electron chi connectivity index (χ1n) is 5.39. The molecule has 1 aromatic heterocycles. The lowest BCUT2D eigenvalue weighted by molar-refractivity contribution is 0.103. The average Bonchev–Trinajstić information content (AvgIpc) is 2.95. The van der Waals surface area contributed by atoms with Gasteiger partial charge in [0, 0.05) is 21.8 Å². The number of ether oxygens (including phenoxy) is 1. The Balaban J connectivity index is 2.10. The minimum absolute atomic E-state index is 0.0106. The topological polar surface area (TPSA) is 26.3 Å². The maximum Gasteiger partial charge on any atom is 0.197 e. The van der Waals surface area contributed by atoms with Gasteiger partial charge in [-0.3, -0.25) is 4.79 Å². The summed E-state index contributed by atoms with van der Waals surface area (Å²) in [6.07, 6.45) is 0.863. The molecule has 0 radical (unpaired) electrons. The van der Waals surface area contributed by atoms with Gasteiger partial charge in [-0.05, 0) is 39.7 Å². The number of hydrogen-bond donors (Lipinski definition) is 0. The van der Waals surface area contributed by atoms with Crippen molar-refractivity contribution in [1.29, 1.82) is 0 Å². The fourth-order valence-corrected chi connectivity index (χ4v) is 3.66. The minimum atomic E-state index is 0.0106. The van der Waals surface area contributed by atoms with E-state index in [9.17, 15) is 4.79 Å². The van der Waals surface area contributed by atoms with E-state index in [0.717, 1.165) is 26.0 Å². The Bertz CT molecular complexity index is 634. The molecule has 0 atom stereocenters. The third kappa shape index (κ3) is 2.15. The number of benzene rings is 1. The van der Waals surface area contributed by atoms with Gasteiger partial charge in [-0.1, -0.05) is 15.9 Å². The molecule has 0 aliphatic carbocycles. The smallest absolute Gasteiger partial charge is 0.197 e.